The van der Waals surface area contributed by atoms with E-state index in [0.717, 1.165) is 16.8 Å². The summed E-state index contributed by atoms with van der Waals surface area (Å²) in [4.78, 5) is 12.3. The molecule has 0 saturated heterocycles. The predicted octanol–water partition coefficient (Wildman–Crippen LogP) is 4.30. The number of hydrogen-bond donors (Lipinski definition) is 2. The number of anilines is 1. The maximum atomic E-state index is 12.6. The zero-order valence-corrected chi connectivity index (χ0v) is 17.0. The molecule has 29 heavy (non-hydrogen) atoms. The van der Waals surface area contributed by atoms with Crippen LogP contribution in [0.15, 0.2) is 89.8 Å². The van der Waals surface area contributed by atoms with E-state index in [0.29, 0.717) is 12.8 Å². The summed E-state index contributed by atoms with van der Waals surface area (Å²) in [7, 11) is -3.63. The van der Waals surface area contributed by atoms with Crippen molar-refractivity contribution in [3.63, 3.8) is 0 Å². The lowest BCUT2D eigenvalue weighted by Crippen LogP contribution is -2.26. The Hall–Kier alpha value is -2.96. The van der Waals surface area contributed by atoms with Crippen LogP contribution in [0.4, 0.5) is 5.69 Å². The molecule has 0 aliphatic carbocycles. The van der Waals surface area contributed by atoms with Crippen LogP contribution in [0.25, 0.3) is 0 Å². The van der Waals surface area contributed by atoms with Crippen molar-refractivity contribution in [3.05, 3.63) is 96.1 Å². The first kappa shape index (κ1) is 20.8. The molecule has 0 aromatic heterocycles. The van der Waals surface area contributed by atoms with E-state index >= 15 is 0 Å². The van der Waals surface area contributed by atoms with Gasteiger partial charge in [0.25, 0.3) is 0 Å². The fourth-order valence-corrected chi connectivity index (χ4v) is 4.18. The number of carbonyl (C=O) groups excluding carboxylic acids is 1. The molecular formula is C23H24N2O3S. The monoisotopic (exact) mass is 408 g/mol. The number of aryl methyl sites for hydroxylation is 1. The van der Waals surface area contributed by atoms with Crippen LogP contribution in [0.3, 0.4) is 0 Å². The SMILES string of the molecule is CC(NS(=O)(=O)c1ccc(CCC(=O)Nc2ccccc2)cc1)c1ccccc1. The molecule has 2 N–H and O–H groups in total. The molecule has 0 heterocycles. The summed E-state index contributed by atoms with van der Waals surface area (Å²) in [6.45, 7) is 1.81. The summed E-state index contributed by atoms with van der Waals surface area (Å²) < 4.78 is 27.9. The van der Waals surface area contributed by atoms with Gasteiger partial charge < -0.3 is 5.32 Å². The molecule has 3 rings (SSSR count). The van der Waals surface area contributed by atoms with Crippen LogP contribution in [0.1, 0.15) is 30.5 Å². The summed E-state index contributed by atoms with van der Waals surface area (Å²) in [6.07, 6.45) is 0.858. The van der Waals surface area contributed by atoms with E-state index in [1.165, 1.54) is 0 Å². The molecule has 1 amide bonds. The lowest BCUT2D eigenvalue weighted by atomic mass is 10.1. The smallest absolute Gasteiger partial charge is 0.241 e. The highest BCUT2D eigenvalue weighted by Crippen LogP contribution is 2.18. The first-order chi connectivity index (χ1) is 13.9. The van der Waals surface area contributed by atoms with Crippen LogP contribution in [0.2, 0.25) is 0 Å². The maximum absolute atomic E-state index is 12.6. The first-order valence-electron chi connectivity index (χ1n) is 9.45. The highest BCUT2D eigenvalue weighted by Gasteiger charge is 2.18. The Labute approximate surface area is 171 Å². The highest BCUT2D eigenvalue weighted by molar-refractivity contribution is 7.89. The van der Waals surface area contributed by atoms with Gasteiger partial charge in [0, 0.05) is 18.2 Å². The number of hydrogen-bond acceptors (Lipinski definition) is 3. The third-order valence-corrected chi connectivity index (χ3v) is 6.12. The quantitative estimate of drug-likeness (QED) is 0.584. The number of sulfonamides is 1. The molecule has 0 bridgehead atoms. The molecule has 3 aromatic carbocycles. The fraction of sp³-hybridized carbons (Fsp3) is 0.174. The van der Waals surface area contributed by atoms with Crippen LogP contribution < -0.4 is 10.0 Å². The Kier molecular flexibility index (Phi) is 6.80. The molecule has 5 nitrogen and oxygen atoms in total. The molecule has 150 valence electrons. The van der Waals surface area contributed by atoms with Gasteiger partial charge in [0.1, 0.15) is 0 Å². The van der Waals surface area contributed by atoms with Gasteiger partial charge in [-0.15, -0.1) is 0 Å². The van der Waals surface area contributed by atoms with Crippen LogP contribution >= 0.6 is 0 Å². The predicted molar refractivity (Wildman–Crippen MR) is 115 cm³/mol. The zero-order chi connectivity index (χ0) is 20.7. The van der Waals surface area contributed by atoms with Crippen LogP contribution in [0.5, 0.6) is 0 Å². The molecule has 1 unspecified atom stereocenters. The van der Waals surface area contributed by atoms with Crippen LogP contribution in [0, 0.1) is 0 Å². The summed E-state index contributed by atoms with van der Waals surface area (Å²) in [5, 5.41) is 2.84. The Bertz CT molecular complexity index is 1030. The van der Waals surface area contributed by atoms with Crippen molar-refractivity contribution < 1.29 is 13.2 Å². The van der Waals surface area contributed by atoms with Crippen molar-refractivity contribution in [3.8, 4) is 0 Å². The largest absolute Gasteiger partial charge is 0.326 e. The average molecular weight is 409 g/mol. The van der Waals surface area contributed by atoms with Gasteiger partial charge in [-0.05, 0) is 48.7 Å². The average Bonchev–Trinajstić information content (AvgIpc) is 2.73. The summed E-state index contributed by atoms with van der Waals surface area (Å²) >= 11 is 0. The molecule has 0 fully saturated rings. The summed E-state index contributed by atoms with van der Waals surface area (Å²) in [5.41, 5.74) is 2.57. The minimum atomic E-state index is -3.63. The van der Waals surface area contributed by atoms with Gasteiger partial charge in [-0.25, -0.2) is 13.1 Å². The number of nitrogens with one attached hydrogen (secondary N) is 2. The normalized spacial score (nSPS) is 12.3. The van der Waals surface area contributed by atoms with Crippen molar-refractivity contribution in [2.75, 3.05) is 5.32 Å². The molecule has 0 aliphatic heterocycles. The Morgan fingerprint density at radius 1 is 0.862 bits per heavy atom. The second-order valence-corrected chi connectivity index (χ2v) is 8.53. The van der Waals surface area contributed by atoms with Gasteiger partial charge in [-0.3, -0.25) is 4.79 Å². The standard InChI is InChI=1S/C23H24N2O3S/c1-18(20-8-4-2-5-9-20)25-29(27,28)22-15-12-19(13-16-22)14-17-23(26)24-21-10-6-3-7-11-21/h2-13,15-16,18,25H,14,17H2,1H3,(H,24,26). The summed E-state index contributed by atoms with van der Waals surface area (Å²) in [5.74, 6) is -0.0775. The van der Waals surface area contributed by atoms with E-state index in [4.69, 9.17) is 0 Å². The third kappa shape index (κ3) is 6.01. The topological polar surface area (TPSA) is 75.3 Å². The van der Waals surface area contributed by atoms with Crippen molar-refractivity contribution in [1.29, 1.82) is 0 Å². The van der Waals surface area contributed by atoms with E-state index in [1.807, 2.05) is 67.6 Å². The number of carbonyl (C=O) groups is 1. The molecule has 0 spiro atoms. The lowest BCUT2D eigenvalue weighted by molar-refractivity contribution is -0.116. The lowest BCUT2D eigenvalue weighted by Gasteiger charge is -2.15. The van der Waals surface area contributed by atoms with E-state index in [9.17, 15) is 13.2 Å². The van der Waals surface area contributed by atoms with Gasteiger partial charge >= 0.3 is 0 Å². The minimum Gasteiger partial charge on any atom is -0.326 e. The zero-order valence-electron chi connectivity index (χ0n) is 16.2. The Morgan fingerprint density at radius 3 is 2.07 bits per heavy atom. The van der Waals surface area contributed by atoms with Gasteiger partial charge in [0.2, 0.25) is 15.9 Å². The molecule has 0 saturated carbocycles. The molecule has 6 heteroatoms. The molecule has 3 aromatic rings. The summed E-state index contributed by atoms with van der Waals surface area (Å²) in [6, 6.07) is 25.0. The Morgan fingerprint density at radius 2 is 1.45 bits per heavy atom. The van der Waals surface area contributed by atoms with E-state index in [2.05, 4.69) is 10.0 Å². The van der Waals surface area contributed by atoms with Crippen molar-refractivity contribution in [1.82, 2.24) is 4.72 Å². The van der Waals surface area contributed by atoms with E-state index < -0.39 is 10.0 Å². The molecular weight excluding hydrogens is 384 g/mol. The van der Waals surface area contributed by atoms with Gasteiger partial charge in [0.05, 0.1) is 4.90 Å². The van der Waals surface area contributed by atoms with Crippen molar-refractivity contribution >= 4 is 21.6 Å². The number of para-hydroxylation sites is 1. The number of amides is 1. The Balaban J connectivity index is 1.57. The van der Waals surface area contributed by atoms with Crippen molar-refractivity contribution in [2.45, 2.75) is 30.7 Å². The van der Waals surface area contributed by atoms with E-state index in [1.54, 1.807) is 24.3 Å². The molecule has 0 radical (unpaired) electrons. The van der Waals surface area contributed by atoms with Crippen LogP contribution in [-0.2, 0) is 21.2 Å². The van der Waals surface area contributed by atoms with Gasteiger partial charge in [0.15, 0.2) is 0 Å². The van der Waals surface area contributed by atoms with E-state index in [-0.39, 0.29) is 16.8 Å². The second kappa shape index (κ2) is 9.49. The fourth-order valence-electron chi connectivity index (χ4n) is 2.95. The second-order valence-electron chi connectivity index (χ2n) is 6.81. The maximum Gasteiger partial charge on any atom is 0.241 e. The third-order valence-electron chi connectivity index (χ3n) is 4.56. The molecule has 1 atom stereocenters. The first-order valence-corrected chi connectivity index (χ1v) is 10.9. The number of rotatable bonds is 8. The van der Waals surface area contributed by atoms with Crippen LogP contribution in [-0.4, -0.2) is 14.3 Å². The molecule has 0 aliphatic rings. The van der Waals surface area contributed by atoms with Gasteiger partial charge in [-0.1, -0.05) is 60.7 Å². The highest BCUT2D eigenvalue weighted by atomic mass is 32.2. The number of benzene rings is 3. The van der Waals surface area contributed by atoms with Gasteiger partial charge in [-0.2, -0.15) is 0 Å². The van der Waals surface area contributed by atoms with Crippen molar-refractivity contribution in [2.24, 2.45) is 0 Å². The minimum absolute atomic E-state index is 0.0775.